The van der Waals surface area contributed by atoms with Crippen molar-refractivity contribution >= 4 is 11.1 Å². The first-order valence-electron chi connectivity index (χ1n) is 11.2. The topological polar surface area (TPSA) is 80.3 Å². The van der Waals surface area contributed by atoms with Gasteiger partial charge in [0.2, 0.25) is 0 Å². The van der Waals surface area contributed by atoms with Crippen molar-refractivity contribution in [1.29, 1.82) is 5.26 Å². The van der Waals surface area contributed by atoms with Crippen molar-refractivity contribution in [3.05, 3.63) is 71.9 Å². The predicted octanol–water partition coefficient (Wildman–Crippen LogP) is 5.31. The van der Waals surface area contributed by atoms with Gasteiger partial charge in [0.25, 0.3) is 0 Å². The molecule has 2 aromatic carbocycles. The first kappa shape index (κ1) is 21.2. The SMILES string of the molecule is CNCc1ccc(-c2cc3nccc(-c4ccc(OC5CCOCC5)c(C#N)c4)c3o2)cc1. The molecular formula is C27H25N3O3. The van der Waals surface area contributed by atoms with Gasteiger partial charge in [0.1, 0.15) is 29.2 Å². The summed E-state index contributed by atoms with van der Waals surface area (Å²) in [7, 11) is 1.93. The van der Waals surface area contributed by atoms with Crippen LogP contribution in [0.1, 0.15) is 24.0 Å². The van der Waals surface area contributed by atoms with Gasteiger partial charge in [0, 0.05) is 42.8 Å². The van der Waals surface area contributed by atoms with Crippen LogP contribution in [0, 0.1) is 11.3 Å². The lowest BCUT2D eigenvalue weighted by Gasteiger charge is -2.23. The molecule has 1 N–H and O–H groups in total. The van der Waals surface area contributed by atoms with E-state index < -0.39 is 0 Å². The third-order valence-electron chi connectivity index (χ3n) is 5.90. The number of nitrogens with zero attached hydrogens (tertiary/aromatic N) is 2. The van der Waals surface area contributed by atoms with Gasteiger partial charge in [-0.1, -0.05) is 30.3 Å². The van der Waals surface area contributed by atoms with Gasteiger partial charge in [0.15, 0.2) is 5.58 Å². The zero-order valence-electron chi connectivity index (χ0n) is 18.5. The highest BCUT2D eigenvalue weighted by atomic mass is 16.5. The minimum absolute atomic E-state index is 0.0801. The molecule has 2 aromatic heterocycles. The molecule has 1 aliphatic heterocycles. The molecule has 4 aromatic rings. The molecule has 0 spiro atoms. The van der Waals surface area contributed by atoms with Crippen molar-refractivity contribution in [2.75, 3.05) is 20.3 Å². The fraction of sp³-hybridized carbons (Fsp3) is 0.259. The van der Waals surface area contributed by atoms with Gasteiger partial charge >= 0.3 is 0 Å². The number of hydrogen-bond donors (Lipinski definition) is 1. The van der Waals surface area contributed by atoms with E-state index in [-0.39, 0.29) is 6.10 Å². The predicted molar refractivity (Wildman–Crippen MR) is 127 cm³/mol. The van der Waals surface area contributed by atoms with Crippen LogP contribution in [0.2, 0.25) is 0 Å². The van der Waals surface area contributed by atoms with Crippen molar-refractivity contribution < 1.29 is 13.9 Å². The maximum absolute atomic E-state index is 9.75. The highest BCUT2D eigenvalue weighted by Gasteiger charge is 2.18. The number of aromatic nitrogens is 1. The van der Waals surface area contributed by atoms with E-state index in [1.165, 1.54) is 5.56 Å². The Balaban J connectivity index is 1.47. The number of fused-ring (bicyclic) bond motifs is 1. The van der Waals surface area contributed by atoms with Crippen LogP contribution in [0.25, 0.3) is 33.6 Å². The Morgan fingerprint density at radius 1 is 1.06 bits per heavy atom. The van der Waals surface area contributed by atoms with Crippen LogP contribution in [0.5, 0.6) is 5.75 Å². The van der Waals surface area contributed by atoms with Crippen LogP contribution in [0.15, 0.2) is 65.2 Å². The van der Waals surface area contributed by atoms with Crippen molar-refractivity contribution in [2.45, 2.75) is 25.5 Å². The Morgan fingerprint density at radius 2 is 1.85 bits per heavy atom. The summed E-state index contributed by atoms with van der Waals surface area (Å²) in [5.74, 6) is 1.38. The number of rotatable bonds is 6. The highest BCUT2D eigenvalue weighted by Crippen LogP contribution is 2.35. The summed E-state index contributed by atoms with van der Waals surface area (Å²) in [5.41, 5.74) is 5.99. The monoisotopic (exact) mass is 439 g/mol. The number of benzene rings is 2. The van der Waals surface area contributed by atoms with Crippen LogP contribution in [-0.2, 0) is 11.3 Å². The molecule has 0 radical (unpaired) electrons. The van der Waals surface area contributed by atoms with E-state index >= 15 is 0 Å². The third kappa shape index (κ3) is 4.47. The minimum atomic E-state index is 0.0801. The molecule has 1 saturated heterocycles. The van der Waals surface area contributed by atoms with Crippen molar-refractivity contribution in [3.8, 4) is 34.3 Å². The molecule has 0 amide bonds. The van der Waals surface area contributed by atoms with Crippen molar-refractivity contribution in [2.24, 2.45) is 0 Å². The van der Waals surface area contributed by atoms with Crippen LogP contribution in [0.3, 0.4) is 0 Å². The zero-order chi connectivity index (χ0) is 22.6. The standard InChI is InChI=1S/C27H25N3O3/c1-29-17-18-2-4-19(5-3-18)26-15-24-27(33-26)23(8-11-30-24)20-6-7-25(21(14-20)16-28)32-22-9-12-31-13-10-22/h2-8,11,14-15,22,29H,9-10,12-13,17H2,1H3. The van der Waals surface area contributed by atoms with Gasteiger partial charge in [-0.15, -0.1) is 0 Å². The second-order valence-corrected chi connectivity index (χ2v) is 8.16. The fourth-order valence-corrected chi connectivity index (χ4v) is 4.16. The molecule has 0 aliphatic carbocycles. The average molecular weight is 440 g/mol. The average Bonchev–Trinajstić information content (AvgIpc) is 3.30. The molecule has 6 heteroatoms. The van der Waals surface area contributed by atoms with E-state index in [2.05, 4.69) is 40.6 Å². The number of furan rings is 1. The number of pyridine rings is 1. The van der Waals surface area contributed by atoms with E-state index in [1.807, 2.05) is 37.4 Å². The second-order valence-electron chi connectivity index (χ2n) is 8.16. The Morgan fingerprint density at radius 3 is 2.61 bits per heavy atom. The number of nitrogens with one attached hydrogen (secondary N) is 1. The van der Waals surface area contributed by atoms with Crippen LogP contribution < -0.4 is 10.1 Å². The van der Waals surface area contributed by atoms with Crippen molar-refractivity contribution in [3.63, 3.8) is 0 Å². The normalized spacial score (nSPS) is 14.3. The fourth-order valence-electron chi connectivity index (χ4n) is 4.16. The lowest BCUT2D eigenvalue weighted by Crippen LogP contribution is -2.26. The largest absolute Gasteiger partial charge is 0.489 e. The summed E-state index contributed by atoms with van der Waals surface area (Å²) in [6, 6.07) is 20.1. The van der Waals surface area contributed by atoms with Crippen LogP contribution in [-0.4, -0.2) is 31.3 Å². The Bertz CT molecular complexity index is 1300. The summed E-state index contributed by atoms with van der Waals surface area (Å²) in [5, 5.41) is 12.9. The molecular weight excluding hydrogens is 414 g/mol. The van der Waals surface area contributed by atoms with E-state index in [0.29, 0.717) is 30.1 Å². The van der Waals surface area contributed by atoms with Gasteiger partial charge in [-0.3, -0.25) is 4.98 Å². The Labute approximate surface area is 192 Å². The van der Waals surface area contributed by atoms with Gasteiger partial charge < -0.3 is 19.2 Å². The molecule has 0 atom stereocenters. The Kier molecular flexibility index (Phi) is 6.07. The first-order valence-corrected chi connectivity index (χ1v) is 11.2. The maximum Gasteiger partial charge on any atom is 0.161 e. The van der Waals surface area contributed by atoms with E-state index in [0.717, 1.165) is 47.4 Å². The zero-order valence-corrected chi connectivity index (χ0v) is 18.5. The van der Waals surface area contributed by atoms with E-state index in [9.17, 15) is 5.26 Å². The van der Waals surface area contributed by atoms with E-state index in [4.69, 9.17) is 13.9 Å². The maximum atomic E-state index is 9.75. The van der Waals surface area contributed by atoms with E-state index in [1.54, 1.807) is 6.20 Å². The van der Waals surface area contributed by atoms with Crippen molar-refractivity contribution in [1.82, 2.24) is 10.3 Å². The quantitative estimate of drug-likeness (QED) is 0.438. The highest BCUT2D eigenvalue weighted by molar-refractivity contribution is 5.92. The smallest absolute Gasteiger partial charge is 0.161 e. The second kappa shape index (κ2) is 9.45. The molecule has 1 aliphatic rings. The summed E-state index contributed by atoms with van der Waals surface area (Å²) in [4.78, 5) is 4.49. The van der Waals surface area contributed by atoms with Gasteiger partial charge in [-0.2, -0.15) is 5.26 Å². The first-order chi connectivity index (χ1) is 16.2. The molecule has 0 unspecified atom stereocenters. The van der Waals surface area contributed by atoms with Crippen LogP contribution >= 0.6 is 0 Å². The molecule has 166 valence electrons. The van der Waals surface area contributed by atoms with Crippen LogP contribution in [0.4, 0.5) is 0 Å². The minimum Gasteiger partial charge on any atom is -0.489 e. The lowest BCUT2D eigenvalue weighted by molar-refractivity contribution is 0.0254. The summed E-state index contributed by atoms with van der Waals surface area (Å²) >= 11 is 0. The lowest BCUT2D eigenvalue weighted by atomic mass is 10.0. The molecule has 0 saturated carbocycles. The third-order valence-corrected chi connectivity index (χ3v) is 5.90. The molecule has 33 heavy (non-hydrogen) atoms. The Hall–Kier alpha value is -3.66. The molecule has 5 rings (SSSR count). The van der Waals surface area contributed by atoms with Gasteiger partial charge in [0.05, 0.1) is 18.8 Å². The molecule has 6 nitrogen and oxygen atoms in total. The van der Waals surface area contributed by atoms with Gasteiger partial charge in [-0.05, 0) is 36.4 Å². The van der Waals surface area contributed by atoms with Gasteiger partial charge in [-0.25, -0.2) is 0 Å². The summed E-state index contributed by atoms with van der Waals surface area (Å²) < 4.78 is 17.8. The number of hydrogen-bond acceptors (Lipinski definition) is 6. The molecule has 1 fully saturated rings. The summed E-state index contributed by atoms with van der Waals surface area (Å²) in [6.07, 6.45) is 3.52. The number of ether oxygens (including phenoxy) is 2. The molecule has 3 heterocycles. The summed E-state index contributed by atoms with van der Waals surface area (Å²) in [6.45, 7) is 2.21. The number of nitriles is 1. The molecule has 0 bridgehead atoms.